The molecule has 0 aliphatic carbocycles. The molecule has 0 radical (unpaired) electrons. The molecule has 0 unspecified atom stereocenters. The smallest absolute Gasteiger partial charge is 0.271 e. The van der Waals surface area contributed by atoms with E-state index in [4.69, 9.17) is 4.74 Å². The minimum Gasteiger partial charge on any atom is -0.380 e. The normalized spacial score (nSPS) is 10.5. The van der Waals surface area contributed by atoms with Gasteiger partial charge in [0.2, 0.25) is 0 Å². The van der Waals surface area contributed by atoms with Gasteiger partial charge in [0.1, 0.15) is 0 Å². The van der Waals surface area contributed by atoms with E-state index >= 15 is 0 Å². The number of aromatic nitrogens is 1. The third-order valence-electron chi connectivity index (χ3n) is 4.48. The number of aryl methyl sites for hydroxylation is 1. The van der Waals surface area contributed by atoms with E-state index < -0.39 is 0 Å². The Hall–Kier alpha value is -3.38. The second-order valence-corrected chi connectivity index (χ2v) is 6.50. The van der Waals surface area contributed by atoms with Crippen LogP contribution in [0.25, 0.3) is 5.69 Å². The Morgan fingerprint density at radius 2 is 1.64 bits per heavy atom. The molecule has 1 heterocycles. The third kappa shape index (κ3) is 4.13. The first-order chi connectivity index (χ1) is 13.5. The lowest BCUT2D eigenvalue weighted by Gasteiger charge is -2.10. The van der Waals surface area contributed by atoms with Gasteiger partial charge in [0, 0.05) is 29.7 Å². The molecule has 6 nitrogen and oxygen atoms in total. The molecule has 0 spiro atoms. The monoisotopic (exact) mass is 377 g/mol. The van der Waals surface area contributed by atoms with E-state index in [1.165, 1.54) is 0 Å². The zero-order valence-electron chi connectivity index (χ0n) is 16.2. The molecule has 0 fully saturated rings. The van der Waals surface area contributed by atoms with Crippen LogP contribution in [0.4, 0.5) is 0 Å². The Morgan fingerprint density at radius 1 is 0.929 bits per heavy atom. The molecule has 0 aliphatic heterocycles. The molecule has 1 aromatic heterocycles. The van der Waals surface area contributed by atoms with Crippen LogP contribution in [0.1, 0.15) is 37.7 Å². The van der Waals surface area contributed by atoms with Gasteiger partial charge in [-0.15, -0.1) is 0 Å². The van der Waals surface area contributed by atoms with Gasteiger partial charge in [-0.1, -0.05) is 30.3 Å². The molecule has 2 aromatic carbocycles. The summed E-state index contributed by atoms with van der Waals surface area (Å²) in [7, 11) is 1.60. The lowest BCUT2D eigenvalue weighted by Crippen LogP contribution is -2.41. The van der Waals surface area contributed by atoms with Crippen molar-refractivity contribution in [3.63, 3.8) is 0 Å². The summed E-state index contributed by atoms with van der Waals surface area (Å²) in [5.41, 5.74) is 9.53. The highest BCUT2D eigenvalue weighted by Crippen LogP contribution is 2.20. The Labute approximate surface area is 164 Å². The van der Waals surface area contributed by atoms with Crippen LogP contribution in [-0.2, 0) is 11.3 Å². The van der Waals surface area contributed by atoms with Gasteiger partial charge in [0.05, 0.1) is 12.2 Å². The summed E-state index contributed by atoms with van der Waals surface area (Å²) >= 11 is 0. The van der Waals surface area contributed by atoms with Crippen LogP contribution < -0.4 is 10.9 Å². The van der Waals surface area contributed by atoms with Gasteiger partial charge < -0.3 is 9.30 Å². The number of nitrogens with zero attached hydrogens (tertiary/aromatic N) is 1. The molecule has 3 aromatic rings. The van der Waals surface area contributed by atoms with Gasteiger partial charge in [-0.25, -0.2) is 0 Å². The summed E-state index contributed by atoms with van der Waals surface area (Å²) in [5.74, 6) is -0.750. The molecule has 28 heavy (non-hydrogen) atoms. The number of rotatable bonds is 5. The number of hydrogen-bond acceptors (Lipinski definition) is 3. The van der Waals surface area contributed by atoms with Gasteiger partial charge in [0.25, 0.3) is 11.8 Å². The number of carbonyl (C=O) groups is 2. The van der Waals surface area contributed by atoms with Crippen molar-refractivity contribution in [2.24, 2.45) is 0 Å². The average Bonchev–Trinajstić information content (AvgIpc) is 3.01. The Balaban J connectivity index is 1.72. The number of nitrogens with one attached hydrogen (secondary N) is 2. The Bertz CT molecular complexity index is 994. The van der Waals surface area contributed by atoms with Gasteiger partial charge >= 0.3 is 0 Å². The minimum absolute atomic E-state index is 0.364. The van der Waals surface area contributed by atoms with E-state index in [2.05, 4.69) is 10.9 Å². The standard InChI is InChI=1S/C22H23N3O3/c1-15-12-20(16(2)25(15)19-10-5-4-6-11-19)22(27)24-23-21(26)18-9-7-8-17(13-18)14-28-3/h4-13H,14H2,1-3H3,(H,23,26)(H,24,27). The molecule has 2 N–H and O–H groups in total. The molecular formula is C22H23N3O3. The number of amides is 2. The zero-order chi connectivity index (χ0) is 20.1. The Morgan fingerprint density at radius 3 is 2.36 bits per heavy atom. The van der Waals surface area contributed by atoms with Crippen LogP contribution in [-0.4, -0.2) is 23.5 Å². The molecule has 6 heteroatoms. The lowest BCUT2D eigenvalue weighted by molar-refractivity contribution is 0.0846. The average molecular weight is 377 g/mol. The fraction of sp³-hybridized carbons (Fsp3) is 0.182. The van der Waals surface area contributed by atoms with Crippen LogP contribution in [0.5, 0.6) is 0 Å². The predicted molar refractivity (Wildman–Crippen MR) is 107 cm³/mol. The van der Waals surface area contributed by atoms with Gasteiger partial charge in [-0.05, 0) is 49.7 Å². The van der Waals surface area contributed by atoms with E-state index in [-0.39, 0.29) is 11.8 Å². The molecule has 0 saturated heterocycles. The number of carbonyl (C=O) groups excluding carboxylic acids is 2. The number of para-hydroxylation sites is 1. The maximum absolute atomic E-state index is 12.6. The van der Waals surface area contributed by atoms with Crippen molar-refractivity contribution < 1.29 is 14.3 Å². The van der Waals surface area contributed by atoms with Crippen molar-refractivity contribution in [2.45, 2.75) is 20.5 Å². The molecule has 2 amide bonds. The topological polar surface area (TPSA) is 72.4 Å². The number of methoxy groups -OCH3 is 1. The molecule has 0 aliphatic rings. The van der Waals surface area contributed by atoms with Gasteiger partial charge in [-0.2, -0.15) is 0 Å². The number of benzene rings is 2. The maximum Gasteiger partial charge on any atom is 0.271 e. The summed E-state index contributed by atoms with van der Waals surface area (Å²) in [5, 5.41) is 0. The highest BCUT2D eigenvalue weighted by molar-refractivity contribution is 6.00. The van der Waals surface area contributed by atoms with Crippen molar-refractivity contribution in [1.82, 2.24) is 15.4 Å². The van der Waals surface area contributed by atoms with E-state index in [0.29, 0.717) is 17.7 Å². The van der Waals surface area contributed by atoms with Crippen molar-refractivity contribution in [3.05, 3.63) is 88.7 Å². The van der Waals surface area contributed by atoms with Crippen LogP contribution in [0.2, 0.25) is 0 Å². The second-order valence-electron chi connectivity index (χ2n) is 6.50. The second kappa shape index (κ2) is 8.54. The highest BCUT2D eigenvalue weighted by atomic mass is 16.5. The summed E-state index contributed by atoms with van der Waals surface area (Å²) < 4.78 is 7.08. The SMILES string of the molecule is COCc1cccc(C(=O)NNC(=O)c2cc(C)n(-c3ccccc3)c2C)c1. The molecule has 0 bridgehead atoms. The summed E-state index contributed by atoms with van der Waals surface area (Å²) in [4.78, 5) is 25.0. The van der Waals surface area contributed by atoms with E-state index in [1.807, 2.05) is 60.9 Å². The van der Waals surface area contributed by atoms with Crippen molar-refractivity contribution in [3.8, 4) is 5.69 Å². The fourth-order valence-electron chi connectivity index (χ4n) is 3.19. The van der Waals surface area contributed by atoms with E-state index in [1.54, 1.807) is 25.3 Å². The fourth-order valence-corrected chi connectivity index (χ4v) is 3.19. The largest absolute Gasteiger partial charge is 0.380 e. The first-order valence-electron chi connectivity index (χ1n) is 8.94. The molecule has 0 atom stereocenters. The van der Waals surface area contributed by atoms with E-state index in [9.17, 15) is 9.59 Å². The first-order valence-corrected chi connectivity index (χ1v) is 8.94. The quantitative estimate of drug-likeness (QED) is 0.670. The van der Waals surface area contributed by atoms with Crippen molar-refractivity contribution >= 4 is 11.8 Å². The van der Waals surface area contributed by atoms with Gasteiger partial charge in [0.15, 0.2) is 0 Å². The number of hydrazine groups is 1. The van der Waals surface area contributed by atoms with Crippen molar-refractivity contribution in [2.75, 3.05) is 7.11 Å². The van der Waals surface area contributed by atoms with Gasteiger partial charge in [-0.3, -0.25) is 20.4 Å². The minimum atomic E-state index is -0.386. The van der Waals surface area contributed by atoms with Crippen LogP contribution in [0.3, 0.4) is 0 Å². The van der Waals surface area contributed by atoms with Crippen molar-refractivity contribution in [1.29, 1.82) is 0 Å². The molecule has 0 saturated carbocycles. The van der Waals surface area contributed by atoms with Crippen LogP contribution >= 0.6 is 0 Å². The van der Waals surface area contributed by atoms with E-state index in [0.717, 1.165) is 22.6 Å². The van der Waals surface area contributed by atoms with Crippen LogP contribution in [0, 0.1) is 13.8 Å². The third-order valence-corrected chi connectivity index (χ3v) is 4.48. The molecule has 144 valence electrons. The first kappa shape index (κ1) is 19.4. The predicted octanol–water partition coefficient (Wildman–Crippen LogP) is 3.32. The highest BCUT2D eigenvalue weighted by Gasteiger charge is 2.17. The lowest BCUT2D eigenvalue weighted by atomic mass is 10.1. The molecular weight excluding hydrogens is 354 g/mol. The van der Waals surface area contributed by atoms with Crippen LogP contribution in [0.15, 0.2) is 60.7 Å². The summed E-state index contributed by atoms with van der Waals surface area (Å²) in [6.07, 6.45) is 0. The summed E-state index contributed by atoms with van der Waals surface area (Å²) in [6.45, 7) is 4.24. The number of ether oxygens (including phenoxy) is 1. The maximum atomic E-state index is 12.6. The Kier molecular flexibility index (Phi) is 5.91. The summed E-state index contributed by atoms with van der Waals surface area (Å²) in [6, 6.07) is 18.7. The molecule has 3 rings (SSSR count). The zero-order valence-corrected chi connectivity index (χ0v) is 16.2. The number of hydrogen-bond donors (Lipinski definition) is 2.